The largest absolute Gasteiger partial charge is 0.508 e. The highest BCUT2D eigenvalue weighted by molar-refractivity contribution is 6.07. The fourth-order valence-corrected chi connectivity index (χ4v) is 7.44. The van der Waals surface area contributed by atoms with E-state index >= 15 is 0 Å². The number of phenolic OH excluding ortho intramolecular Hbond substituents is 1. The zero-order valence-electron chi connectivity index (χ0n) is 30.3. The van der Waals surface area contributed by atoms with Crippen LogP contribution in [0.15, 0.2) is 104 Å². The molecule has 2 aliphatic heterocycles. The molecular weight excluding hydrogens is 686 g/mol. The first-order valence-electron chi connectivity index (χ1n) is 17.8. The van der Waals surface area contributed by atoms with Crippen molar-refractivity contribution in [2.45, 2.75) is 38.3 Å². The van der Waals surface area contributed by atoms with Crippen LogP contribution in [0, 0.1) is 0 Å². The standard InChI is InChI=1S/C40H43N9O5/c1-4-18-47-26-36(51)48-33(20-27-13-15-30(50)16-14-27)39(53)46(25-35(48)49(47)40(54)43-21-28-9-6-5-7-10-28)23-29-11-8-12-31-32(24-45(3)37(29)31)38(52)42-22-34-41-17-19-44(34)2/h4-17,19,24,33,35,50H,1,18,20-23,25-26H2,2-3H3,(H,42,52)(H,43,54)/t33-,35-/m0/s1. The Morgan fingerprint density at radius 1 is 0.944 bits per heavy atom. The quantitative estimate of drug-likeness (QED) is 0.177. The van der Waals surface area contributed by atoms with E-state index in [1.165, 1.54) is 0 Å². The summed E-state index contributed by atoms with van der Waals surface area (Å²) in [5.41, 5.74) is 3.74. The number of phenols is 1. The number of fused-ring (bicyclic) bond motifs is 2. The second kappa shape index (κ2) is 15.3. The molecule has 2 fully saturated rings. The summed E-state index contributed by atoms with van der Waals surface area (Å²) in [4.78, 5) is 63.7. The molecule has 14 heteroatoms. The number of aromatic nitrogens is 3. The SMILES string of the molecule is C=CCN1CC(=O)N2[C@@H](Cc3ccc(O)cc3)C(=O)N(Cc3cccc4c(C(=O)NCc5nccn5C)cn(C)c34)C[C@@H]2N1C(=O)NCc1ccccc1. The number of imidazole rings is 1. The molecule has 54 heavy (non-hydrogen) atoms. The van der Waals surface area contributed by atoms with Crippen LogP contribution < -0.4 is 10.6 Å². The summed E-state index contributed by atoms with van der Waals surface area (Å²) in [6.45, 7) is 4.72. The van der Waals surface area contributed by atoms with Crippen LogP contribution in [0.3, 0.4) is 0 Å². The maximum absolute atomic E-state index is 14.6. The average Bonchev–Trinajstić information content (AvgIpc) is 3.74. The number of hydrogen-bond acceptors (Lipinski definition) is 7. The van der Waals surface area contributed by atoms with Gasteiger partial charge in [0.2, 0.25) is 11.8 Å². The molecule has 2 aliphatic rings. The highest BCUT2D eigenvalue weighted by Crippen LogP contribution is 2.32. The lowest BCUT2D eigenvalue weighted by molar-refractivity contribution is -0.189. The fraction of sp³-hybridized carbons (Fsp3) is 0.275. The summed E-state index contributed by atoms with van der Waals surface area (Å²) < 4.78 is 3.73. The fourth-order valence-electron chi connectivity index (χ4n) is 7.44. The number of nitrogens with zero attached hydrogens (tertiary/aromatic N) is 7. The van der Waals surface area contributed by atoms with Crippen molar-refractivity contribution in [3.05, 3.63) is 132 Å². The van der Waals surface area contributed by atoms with E-state index < -0.39 is 18.2 Å². The van der Waals surface area contributed by atoms with Crippen molar-refractivity contribution in [2.24, 2.45) is 14.1 Å². The maximum Gasteiger partial charge on any atom is 0.334 e. The number of para-hydroxylation sites is 1. The molecule has 2 atom stereocenters. The summed E-state index contributed by atoms with van der Waals surface area (Å²) in [5.74, 6) is 0.00757. The van der Waals surface area contributed by atoms with Crippen LogP contribution in [0.25, 0.3) is 10.9 Å². The molecule has 5 amide bonds. The first-order chi connectivity index (χ1) is 26.1. The van der Waals surface area contributed by atoms with E-state index in [0.29, 0.717) is 5.56 Å². The van der Waals surface area contributed by atoms with Crippen molar-refractivity contribution in [1.29, 1.82) is 0 Å². The highest BCUT2D eigenvalue weighted by Gasteiger charge is 2.51. The molecule has 3 N–H and O–H groups in total. The van der Waals surface area contributed by atoms with E-state index in [4.69, 9.17) is 0 Å². The normalized spacial score (nSPS) is 17.5. The summed E-state index contributed by atoms with van der Waals surface area (Å²) in [6.07, 6.45) is 6.26. The van der Waals surface area contributed by atoms with Crippen molar-refractivity contribution in [3.8, 4) is 5.75 Å². The van der Waals surface area contributed by atoms with Crippen molar-refractivity contribution < 1.29 is 24.3 Å². The number of rotatable bonds is 11. The number of piperazine rings is 1. The van der Waals surface area contributed by atoms with Gasteiger partial charge < -0.3 is 34.7 Å². The number of hydrazine groups is 1. The van der Waals surface area contributed by atoms with Gasteiger partial charge in [0.15, 0.2) is 0 Å². The molecule has 278 valence electrons. The number of carbonyl (C=O) groups excluding carboxylic acids is 4. The Kier molecular flexibility index (Phi) is 10.2. The first-order valence-corrected chi connectivity index (χ1v) is 17.8. The average molecular weight is 730 g/mol. The number of carbonyl (C=O) groups is 4. The Bertz CT molecular complexity index is 2200. The van der Waals surface area contributed by atoms with Gasteiger partial charge in [-0.3, -0.25) is 14.4 Å². The van der Waals surface area contributed by atoms with E-state index in [1.807, 2.05) is 78.0 Å². The van der Waals surface area contributed by atoms with E-state index in [-0.39, 0.29) is 69.2 Å². The van der Waals surface area contributed by atoms with Crippen molar-refractivity contribution in [3.63, 3.8) is 0 Å². The van der Waals surface area contributed by atoms with Crippen LogP contribution in [0.2, 0.25) is 0 Å². The second-order valence-electron chi connectivity index (χ2n) is 13.6. The monoisotopic (exact) mass is 729 g/mol. The van der Waals surface area contributed by atoms with E-state index in [1.54, 1.807) is 62.6 Å². The second-order valence-corrected chi connectivity index (χ2v) is 13.6. The predicted molar refractivity (Wildman–Crippen MR) is 201 cm³/mol. The minimum atomic E-state index is -0.934. The van der Waals surface area contributed by atoms with Gasteiger partial charge in [-0.2, -0.15) is 0 Å². The van der Waals surface area contributed by atoms with Gasteiger partial charge in [0, 0.05) is 64.1 Å². The van der Waals surface area contributed by atoms with Crippen LogP contribution in [0.5, 0.6) is 5.75 Å². The number of urea groups is 1. The highest BCUT2D eigenvalue weighted by atomic mass is 16.3. The summed E-state index contributed by atoms with van der Waals surface area (Å²) in [5, 5.41) is 19.9. The number of aryl methyl sites for hydroxylation is 2. The van der Waals surface area contributed by atoms with E-state index in [9.17, 15) is 24.3 Å². The Morgan fingerprint density at radius 3 is 2.44 bits per heavy atom. The molecule has 0 saturated carbocycles. The summed E-state index contributed by atoms with van der Waals surface area (Å²) in [6, 6.07) is 20.4. The molecule has 7 rings (SSSR count). The molecule has 0 spiro atoms. The zero-order valence-corrected chi connectivity index (χ0v) is 30.3. The van der Waals surface area contributed by atoms with Gasteiger partial charge in [-0.1, -0.05) is 66.7 Å². The third-order valence-electron chi connectivity index (χ3n) is 10.0. The third kappa shape index (κ3) is 7.15. The van der Waals surface area contributed by atoms with Gasteiger partial charge in [-0.05, 0) is 28.8 Å². The molecule has 14 nitrogen and oxygen atoms in total. The third-order valence-corrected chi connectivity index (χ3v) is 10.0. The molecular formula is C40H43N9O5. The van der Waals surface area contributed by atoms with Crippen LogP contribution in [-0.4, -0.2) is 94.6 Å². The lowest BCUT2D eigenvalue weighted by atomic mass is 9.98. The Morgan fingerprint density at radius 2 is 1.72 bits per heavy atom. The van der Waals surface area contributed by atoms with Gasteiger partial charge in [0.25, 0.3) is 5.91 Å². The molecule has 2 aromatic heterocycles. The topological polar surface area (TPSA) is 148 Å². The van der Waals surface area contributed by atoms with E-state index in [2.05, 4.69) is 22.2 Å². The van der Waals surface area contributed by atoms with Crippen molar-refractivity contribution in [1.82, 2.24) is 44.6 Å². The van der Waals surface area contributed by atoms with Gasteiger partial charge >= 0.3 is 6.03 Å². The van der Waals surface area contributed by atoms with Crippen LogP contribution in [0.1, 0.15) is 32.9 Å². The number of amides is 5. The molecule has 0 bridgehead atoms. The number of aromatic hydroxyl groups is 1. The molecule has 0 aliphatic carbocycles. The van der Waals surface area contributed by atoms with E-state index in [0.717, 1.165) is 33.4 Å². The molecule has 3 aromatic carbocycles. The molecule has 2 saturated heterocycles. The van der Waals surface area contributed by atoms with Gasteiger partial charge in [0.1, 0.15) is 23.8 Å². The summed E-state index contributed by atoms with van der Waals surface area (Å²) in [7, 11) is 3.73. The predicted octanol–water partition coefficient (Wildman–Crippen LogP) is 3.28. The lowest BCUT2D eigenvalue weighted by Crippen LogP contribution is -2.76. The molecule has 5 aromatic rings. The zero-order chi connectivity index (χ0) is 37.9. The Hall–Kier alpha value is -6.41. The van der Waals surface area contributed by atoms with Crippen LogP contribution >= 0.6 is 0 Å². The Balaban J connectivity index is 1.22. The van der Waals surface area contributed by atoms with Gasteiger partial charge in [-0.25, -0.2) is 19.8 Å². The number of benzene rings is 3. The lowest BCUT2D eigenvalue weighted by Gasteiger charge is -2.55. The molecule has 0 unspecified atom stereocenters. The van der Waals surface area contributed by atoms with Gasteiger partial charge in [-0.15, -0.1) is 6.58 Å². The molecule has 0 radical (unpaired) electrons. The van der Waals surface area contributed by atoms with Crippen LogP contribution in [-0.2, 0) is 49.7 Å². The number of hydrogen-bond donors (Lipinski definition) is 3. The van der Waals surface area contributed by atoms with Gasteiger partial charge in [0.05, 0.1) is 30.7 Å². The van der Waals surface area contributed by atoms with Crippen LogP contribution in [0.4, 0.5) is 4.79 Å². The smallest absolute Gasteiger partial charge is 0.334 e. The molecule has 4 heterocycles. The number of nitrogens with one attached hydrogen (secondary N) is 2. The minimum Gasteiger partial charge on any atom is -0.508 e. The van der Waals surface area contributed by atoms with Crippen molar-refractivity contribution in [2.75, 3.05) is 19.6 Å². The first kappa shape index (κ1) is 36.0. The minimum absolute atomic E-state index is 0.0425. The summed E-state index contributed by atoms with van der Waals surface area (Å²) >= 11 is 0. The Labute approximate surface area is 312 Å². The maximum atomic E-state index is 14.6. The van der Waals surface area contributed by atoms with Crippen molar-refractivity contribution >= 4 is 34.7 Å².